The highest BCUT2D eigenvalue weighted by molar-refractivity contribution is 7.99. The van der Waals surface area contributed by atoms with Crippen LogP contribution in [0.15, 0.2) is 47.6 Å². The van der Waals surface area contributed by atoms with Gasteiger partial charge in [0.2, 0.25) is 11.1 Å². The summed E-state index contributed by atoms with van der Waals surface area (Å²) in [4.78, 5) is 12.3. The number of aromatic nitrogens is 3. The second-order valence-electron chi connectivity index (χ2n) is 7.51. The molecule has 0 spiro atoms. The van der Waals surface area contributed by atoms with Crippen LogP contribution in [0.3, 0.4) is 0 Å². The number of thioether (sulfide) groups is 1. The van der Waals surface area contributed by atoms with Crippen LogP contribution in [0.4, 0.5) is 0 Å². The van der Waals surface area contributed by atoms with Gasteiger partial charge < -0.3 is 11.2 Å². The Morgan fingerprint density at radius 1 is 1.31 bits per heavy atom. The van der Waals surface area contributed by atoms with E-state index in [1.54, 1.807) is 6.92 Å². The van der Waals surface area contributed by atoms with Crippen LogP contribution < -0.4 is 11.2 Å². The van der Waals surface area contributed by atoms with Gasteiger partial charge in [-0.15, -0.1) is 10.2 Å². The third kappa shape index (κ3) is 4.05. The lowest BCUT2D eigenvalue weighted by atomic mass is 9.98. The standard InChI is InChI=1S/C21H22N6OS/c1-21(13-22,16-9-10-16)24-19(28)12-29-20-26-25-18(27(20)23)11-15-7-4-6-14-5-2-3-8-17(14)15/h2-8,16H,9-12,23H2,1H3,(H,24,28)/t21-/m0/s1. The molecule has 1 atom stereocenters. The Labute approximate surface area is 173 Å². The Bertz CT molecular complexity index is 1090. The first-order valence-corrected chi connectivity index (χ1v) is 10.5. The number of carbonyl (C=O) groups is 1. The van der Waals surface area contributed by atoms with Crippen molar-refractivity contribution in [2.75, 3.05) is 11.6 Å². The molecule has 1 fully saturated rings. The Hall–Kier alpha value is -3.05. The molecule has 0 radical (unpaired) electrons. The third-order valence-electron chi connectivity index (χ3n) is 5.32. The first kappa shape index (κ1) is 19.3. The van der Waals surface area contributed by atoms with Crippen LogP contribution >= 0.6 is 11.8 Å². The summed E-state index contributed by atoms with van der Waals surface area (Å²) >= 11 is 1.22. The van der Waals surface area contributed by atoms with Crippen molar-refractivity contribution in [3.63, 3.8) is 0 Å². The smallest absolute Gasteiger partial charge is 0.231 e. The summed E-state index contributed by atoms with van der Waals surface area (Å²) in [7, 11) is 0. The molecule has 29 heavy (non-hydrogen) atoms. The van der Waals surface area contributed by atoms with E-state index in [-0.39, 0.29) is 17.6 Å². The lowest BCUT2D eigenvalue weighted by Gasteiger charge is -2.22. The highest BCUT2D eigenvalue weighted by Gasteiger charge is 2.42. The van der Waals surface area contributed by atoms with Crippen LogP contribution in [-0.4, -0.2) is 32.1 Å². The lowest BCUT2D eigenvalue weighted by Crippen LogP contribution is -2.47. The van der Waals surface area contributed by atoms with E-state index in [1.165, 1.54) is 16.4 Å². The number of nitriles is 1. The van der Waals surface area contributed by atoms with Crippen molar-refractivity contribution < 1.29 is 4.79 Å². The molecule has 148 valence electrons. The summed E-state index contributed by atoms with van der Waals surface area (Å²) in [6, 6.07) is 16.5. The number of fused-ring (bicyclic) bond motifs is 1. The van der Waals surface area contributed by atoms with Crippen molar-refractivity contribution in [3.05, 3.63) is 53.9 Å². The predicted octanol–water partition coefficient (Wildman–Crippen LogP) is 2.64. The van der Waals surface area contributed by atoms with Gasteiger partial charge in [0.15, 0.2) is 5.82 Å². The normalized spacial score (nSPS) is 15.6. The maximum Gasteiger partial charge on any atom is 0.231 e. The fourth-order valence-corrected chi connectivity index (χ4v) is 4.16. The molecule has 1 aliphatic carbocycles. The summed E-state index contributed by atoms with van der Waals surface area (Å²) in [6.45, 7) is 1.78. The largest absolute Gasteiger partial charge is 0.337 e. The number of nitrogen functional groups attached to an aromatic ring is 1. The molecule has 3 N–H and O–H groups in total. The topological polar surface area (TPSA) is 110 Å². The van der Waals surface area contributed by atoms with E-state index in [1.807, 2.05) is 18.2 Å². The van der Waals surface area contributed by atoms with Gasteiger partial charge in [-0.25, -0.2) is 4.68 Å². The average molecular weight is 407 g/mol. The lowest BCUT2D eigenvalue weighted by molar-refractivity contribution is -0.119. The van der Waals surface area contributed by atoms with Gasteiger partial charge in [0, 0.05) is 6.42 Å². The number of benzene rings is 2. The van der Waals surface area contributed by atoms with E-state index in [0.717, 1.165) is 29.2 Å². The summed E-state index contributed by atoms with van der Waals surface area (Å²) in [5.41, 5.74) is 0.318. The van der Waals surface area contributed by atoms with E-state index in [0.29, 0.717) is 17.4 Å². The van der Waals surface area contributed by atoms with Crippen molar-refractivity contribution in [2.24, 2.45) is 5.92 Å². The van der Waals surface area contributed by atoms with E-state index in [2.05, 4.69) is 45.8 Å². The number of amides is 1. The summed E-state index contributed by atoms with van der Waals surface area (Å²) < 4.78 is 1.43. The zero-order chi connectivity index (χ0) is 20.4. The van der Waals surface area contributed by atoms with Gasteiger partial charge in [-0.05, 0) is 42.0 Å². The van der Waals surface area contributed by atoms with Gasteiger partial charge in [0.25, 0.3) is 0 Å². The van der Waals surface area contributed by atoms with Gasteiger partial charge in [0.1, 0.15) is 5.54 Å². The van der Waals surface area contributed by atoms with E-state index in [4.69, 9.17) is 5.84 Å². The first-order valence-electron chi connectivity index (χ1n) is 9.51. The predicted molar refractivity (Wildman–Crippen MR) is 113 cm³/mol. The summed E-state index contributed by atoms with van der Waals surface area (Å²) in [5.74, 6) is 6.98. The second kappa shape index (κ2) is 7.76. The molecule has 1 heterocycles. The molecule has 0 aliphatic heterocycles. The molecule has 1 aliphatic rings. The molecule has 1 aromatic heterocycles. The SMILES string of the molecule is C[C@@](C#N)(NC(=O)CSc1nnc(Cc2cccc3ccccc23)n1N)C1CC1. The van der Waals surface area contributed by atoms with Crippen molar-refractivity contribution in [1.82, 2.24) is 20.2 Å². The van der Waals surface area contributed by atoms with Crippen molar-refractivity contribution in [3.8, 4) is 6.07 Å². The van der Waals surface area contributed by atoms with Crippen LogP contribution in [0, 0.1) is 17.2 Å². The minimum atomic E-state index is -0.798. The van der Waals surface area contributed by atoms with Crippen LogP contribution in [0.2, 0.25) is 0 Å². The van der Waals surface area contributed by atoms with E-state index < -0.39 is 5.54 Å². The van der Waals surface area contributed by atoms with Crippen molar-refractivity contribution >= 4 is 28.4 Å². The van der Waals surface area contributed by atoms with Gasteiger partial charge in [-0.2, -0.15) is 5.26 Å². The maximum absolute atomic E-state index is 12.3. The first-order chi connectivity index (χ1) is 14.0. The maximum atomic E-state index is 12.3. The van der Waals surface area contributed by atoms with Crippen LogP contribution in [0.25, 0.3) is 10.8 Å². The highest BCUT2D eigenvalue weighted by Crippen LogP contribution is 2.39. The van der Waals surface area contributed by atoms with E-state index in [9.17, 15) is 10.1 Å². The number of rotatable bonds is 7. The third-order valence-corrected chi connectivity index (χ3v) is 6.26. The van der Waals surface area contributed by atoms with Crippen LogP contribution in [0.1, 0.15) is 31.2 Å². The zero-order valence-corrected chi connectivity index (χ0v) is 16.9. The molecule has 8 heteroatoms. The number of nitrogens with one attached hydrogen (secondary N) is 1. The number of carbonyl (C=O) groups excluding carboxylic acids is 1. The van der Waals surface area contributed by atoms with E-state index >= 15 is 0 Å². The average Bonchev–Trinajstić information content (AvgIpc) is 3.53. The zero-order valence-electron chi connectivity index (χ0n) is 16.1. The molecular weight excluding hydrogens is 384 g/mol. The molecular formula is C21H22N6OS. The number of nitrogens with two attached hydrogens (primary N) is 1. The summed E-state index contributed by atoms with van der Waals surface area (Å²) in [6.07, 6.45) is 2.50. The molecule has 0 unspecified atom stereocenters. The minimum absolute atomic E-state index is 0.133. The number of hydrogen-bond acceptors (Lipinski definition) is 6. The molecule has 2 aromatic carbocycles. The van der Waals surface area contributed by atoms with Gasteiger partial charge >= 0.3 is 0 Å². The fraction of sp³-hybridized carbons (Fsp3) is 0.333. The van der Waals surface area contributed by atoms with Crippen LogP contribution in [0.5, 0.6) is 0 Å². The molecule has 4 rings (SSSR count). The number of hydrogen-bond donors (Lipinski definition) is 2. The van der Waals surface area contributed by atoms with Gasteiger partial charge in [-0.1, -0.05) is 54.2 Å². The molecule has 0 saturated heterocycles. The molecule has 1 amide bonds. The Balaban J connectivity index is 1.42. The van der Waals surface area contributed by atoms with Gasteiger partial charge in [0.05, 0.1) is 11.8 Å². The molecule has 0 bridgehead atoms. The molecule has 3 aromatic rings. The molecule has 7 nitrogen and oxygen atoms in total. The Morgan fingerprint density at radius 3 is 2.83 bits per heavy atom. The van der Waals surface area contributed by atoms with Crippen LogP contribution in [-0.2, 0) is 11.2 Å². The minimum Gasteiger partial charge on any atom is -0.337 e. The second-order valence-corrected chi connectivity index (χ2v) is 8.45. The van der Waals surface area contributed by atoms with Crippen molar-refractivity contribution in [2.45, 2.75) is 36.9 Å². The van der Waals surface area contributed by atoms with Crippen molar-refractivity contribution in [1.29, 1.82) is 5.26 Å². The highest BCUT2D eigenvalue weighted by atomic mass is 32.2. The quantitative estimate of drug-likeness (QED) is 0.461. The Kier molecular flexibility index (Phi) is 5.16. The number of nitrogens with zero attached hydrogens (tertiary/aromatic N) is 4. The fourth-order valence-electron chi connectivity index (χ4n) is 3.48. The summed E-state index contributed by atoms with van der Waals surface area (Å²) in [5, 5.41) is 23.3. The Morgan fingerprint density at radius 2 is 2.07 bits per heavy atom. The van der Waals surface area contributed by atoms with Gasteiger partial charge in [-0.3, -0.25) is 4.79 Å². The molecule has 1 saturated carbocycles. The monoisotopic (exact) mass is 406 g/mol.